The van der Waals surface area contributed by atoms with E-state index in [0.717, 1.165) is 65.1 Å². The Morgan fingerprint density at radius 2 is 1.55 bits per heavy atom. The van der Waals surface area contributed by atoms with Gasteiger partial charge in [0.1, 0.15) is 22.8 Å². The van der Waals surface area contributed by atoms with E-state index in [1.54, 1.807) is 5.57 Å². The highest BCUT2D eigenvalue weighted by Gasteiger charge is 2.34. The van der Waals surface area contributed by atoms with Gasteiger partial charge in [0, 0.05) is 10.9 Å². The van der Waals surface area contributed by atoms with Gasteiger partial charge in [-0.1, -0.05) is 72.3 Å². The predicted octanol–water partition coefficient (Wildman–Crippen LogP) is 10.2. The first-order valence-corrected chi connectivity index (χ1v) is 13.4. The van der Waals surface area contributed by atoms with Gasteiger partial charge in [0.15, 0.2) is 0 Å². The molecule has 198 valence electrons. The Hall–Kier alpha value is -4.51. The number of aryl methyl sites for hydroxylation is 1. The standard InChI is InChI=1S/C35H25F3O2/c36-35(37,38)32-20-25(13-18-33(32)39)40-34-28-8-4-2-6-22(28)9-15-29(34)24-11-14-27-23(19-24)12-17-30-26-7-3-1-5-21(26)10-16-31(27)30/h2-4,6-9,11-15,17-20,39H,1,5,10,16H2. The molecule has 0 aliphatic heterocycles. The number of hydrogen-bond acceptors (Lipinski definition) is 2. The van der Waals surface area contributed by atoms with Crippen LogP contribution in [-0.4, -0.2) is 5.11 Å². The molecule has 2 aliphatic rings. The summed E-state index contributed by atoms with van der Waals surface area (Å²) in [6, 6.07) is 25.5. The topological polar surface area (TPSA) is 29.5 Å². The molecule has 0 fully saturated rings. The molecule has 2 aliphatic carbocycles. The number of rotatable bonds is 3. The fraction of sp³-hybridized carbons (Fsp3) is 0.143. The number of phenolic OH excluding ortho intramolecular Hbond substituents is 1. The summed E-state index contributed by atoms with van der Waals surface area (Å²) >= 11 is 0. The molecule has 0 radical (unpaired) electrons. The third-order valence-electron chi connectivity index (χ3n) is 8.06. The minimum Gasteiger partial charge on any atom is -0.507 e. The molecule has 0 saturated carbocycles. The van der Waals surface area contributed by atoms with Crippen LogP contribution in [0.4, 0.5) is 13.2 Å². The van der Waals surface area contributed by atoms with E-state index in [4.69, 9.17) is 4.74 Å². The molecular formula is C35H25F3O2. The maximum Gasteiger partial charge on any atom is 0.420 e. The summed E-state index contributed by atoms with van der Waals surface area (Å²) < 4.78 is 46.7. The van der Waals surface area contributed by atoms with Crippen molar-refractivity contribution >= 4 is 27.1 Å². The molecule has 0 aromatic heterocycles. The molecule has 5 aromatic carbocycles. The Bertz CT molecular complexity index is 1880. The van der Waals surface area contributed by atoms with Crippen molar-refractivity contribution in [2.45, 2.75) is 31.9 Å². The molecule has 0 heterocycles. The number of ether oxygens (including phenoxy) is 1. The highest BCUT2D eigenvalue weighted by atomic mass is 19.4. The quantitative estimate of drug-likeness (QED) is 0.250. The average molecular weight is 535 g/mol. The SMILES string of the molecule is Oc1ccc(Oc2c(-c3ccc4c5c(ccc4c3)C3=C(CCC=C3)CC5)ccc3ccccc23)cc1C(F)(F)F. The lowest BCUT2D eigenvalue weighted by Gasteiger charge is -2.25. The van der Waals surface area contributed by atoms with Crippen molar-refractivity contribution < 1.29 is 23.0 Å². The lowest BCUT2D eigenvalue weighted by molar-refractivity contribution is -0.138. The molecule has 1 N–H and O–H groups in total. The zero-order chi connectivity index (χ0) is 27.4. The second-order valence-electron chi connectivity index (χ2n) is 10.4. The zero-order valence-electron chi connectivity index (χ0n) is 21.6. The van der Waals surface area contributed by atoms with Gasteiger partial charge in [-0.15, -0.1) is 0 Å². The first-order valence-electron chi connectivity index (χ1n) is 13.4. The summed E-state index contributed by atoms with van der Waals surface area (Å²) in [5, 5.41) is 13.8. The van der Waals surface area contributed by atoms with E-state index < -0.39 is 17.5 Å². The number of hydrogen-bond donors (Lipinski definition) is 1. The number of fused-ring (bicyclic) bond motifs is 5. The summed E-state index contributed by atoms with van der Waals surface area (Å²) in [5.74, 6) is -0.360. The number of halogens is 3. The molecular weight excluding hydrogens is 509 g/mol. The third-order valence-corrected chi connectivity index (χ3v) is 8.06. The summed E-state index contributed by atoms with van der Waals surface area (Å²) in [6.45, 7) is 0. The van der Waals surface area contributed by atoms with Crippen LogP contribution in [0.25, 0.3) is 38.2 Å². The molecule has 0 atom stereocenters. The first-order chi connectivity index (χ1) is 19.4. The normalized spacial score (nSPS) is 14.9. The smallest absolute Gasteiger partial charge is 0.420 e. The highest BCUT2D eigenvalue weighted by molar-refractivity contribution is 5.99. The summed E-state index contributed by atoms with van der Waals surface area (Å²) in [7, 11) is 0. The van der Waals surface area contributed by atoms with Crippen molar-refractivity contribution in [3.05, 3.63) is 119 Å². The number of phenols is 1. The van der Waals surface area contributed by atoms with Gasteiger partial charge in [-0.25, -0.2) is 0 Å². The van der Waals surface area contributed by atoms with Crippen molar-refractivity contribution in [1.82, 2.24) is 0 Å². The van der Waals surface area contributed by atoms with Gasteiger partial charge in [0.05, 0.1) is 0 Å². The van der Waals surface area contributed by atoms with Crippen LogP contribution in [0.5, 0.6) is 17.2 Å². The van der Waals surface area contributed by atoms with E-state index in [1.165, 1.54) is 28.2 Å². The van der Waals surface area contributed by atoms with Crippen molar-refractivity contribution in [3.8, 4) is 28.4 Å². The number of alkyl halides is 3. The Morgan fingerprint density at radius 3 is 2.42 bits per heavy atom. The van der Waals surface area contributed by atoms with E-state index in [0.29, 0.717) is 5.75 Å². The van der Waals surface area contributed by atoms with Gasteiger partial charge in [-0.05, 0) is 94.4 Å². The van der Waals surface area contributed by atoms with Crippen molar-refractivity contribution in [2.24, 2.45) is 0 Å². The van der Waals surface area contributed by atoms with E-state index >= 15 is 0 Å². The minimum absolute atomic E-state index is 0.00204. The fourth-order valence-corrected chi connectivity index (χ4v) is 6.11. The van der Waals surface area contributed by atoms with Gasteiger partial charge >= 0.3 is 6.18 Å². The summed E-state index contributed by atoms with van der Waals surface area (Å²) in [6.07, 6.45) is 4.18. The lowest BCUT2D eigenvalue weighted by Crippen LogP contribution is -2.07. The molecule has 2 nitrogen and oxygen atoms in total. The minimum atomic E-state index is -4.70. The molecule has 0 unspecified atom stereocenters. The molecule has 0 bridgehead atoms. The van der Waals surface area contributed by atoms with E-state index in [1.807, 2.05) is 36.4 Å². The van der Waals surface area contributed by atoms with Gasteiger partial charge in [0.2, 0.25) is 0 Å². The first kappa shape index (κ1) is 24.5. The van der Waals surface area contributed by atoms with Gasteiger partial charge in [0.25, 0.3) is 0 Å². The molecule has 0 spiro atoms. The van der Waals surface area contributed by atoms with Crippen LogP contribution in [0.3, 0.4) is 0 Å². The molecule has 5 heteroatoms. The van der Waals surface area contributed by atoms with Gasteiger partial charge < -0.3 is 9.84 Å². The Kier molecular flexibility index (Phi) is 5.70. The average Bonchev–Trinajstić information content (AvgIpc) is 2.97. The Morgan fingerprint density at radius 1 is 0.725 bits per heavy atom. The molecule has 5 aromatic rings. The van der Waals surface area contributed by atoms with E-state index in [9.17, 15) is 18.3 Å². The van der Waals surface area contributed by atoms with Crippen LogP contribution in [0.1, 0.15) is 36.0 Å². The van der Waals surface area contributed by atoms with Crippen molar-refractivity contribution in [2.75, 3.05) is 0 Å². The molecule has 40 heavy (non-hydrogen) atoms. The highest BCUT2D eigenvalue weighted by Crippen LogP contribution is 2.45. The Labute approximate surface area is 229 Å². The maximum atomic E-state index is 13.5. The summed E-state index contributed by atoms with van der Waals surface area (Å²) in [5.41, 5.74) is 6.17. The van der Waals surface area contributed by atoms with Crippen LogP contribution in [0, 0.1) is 0 Å². The van der Waals surface area contributed by atoms with Gasteiger partial charge in [-0.3, -0.25) is 0 Å². The van der Waals surface area contributed by atoms with Crippen molar-refractivity contribution in [3.63, 3.8) is 0 Å². The van der Waals surface area contributed by atoms with E-state index in [2.05, 4.69) is 42.5 Å². The number of benzene rings is 5. The molecule has 0 amide bonds. The second kappa shape index (κ2) is 9.30. The van der Waals surface area contributed by atoms with E-state index in [-0.39, 0.29) is 5.75 Å². The number of allylic oxidation sites excluding steroid dienone is 4. The molecule has 7 rings (SSSR count). The fourth-order valence-electron chi connectivity index (χ4n) is 6.11. The van der Waals surface area contributed by atoms with Crippen LogP contribution >= 0.6 is 0 Å². The number of aromatic hydroxyl groups is 1. The van der Waals surface area contributed by atoms with Crippen LogP contribution in [0.2, 0.25) is 0 Å². The summed E-state index contributed by atoms with van der Waals surface area (Å²) in [4.78, 5) is 0. The lowest BCUT2D eigenvalue weighted by atomic mass is 9.79. The monoisotopic (exact) mass is 534 g/mol. The maximum absolute atomic E-state index is 13.5. The van der Waals surface area contributed by atoms with Gasteiger partial charge in [-0.2, -0.15) is 13.2 Å². The Balaban J connectivity index is 1.36. The molecule has 0 saturated heterocycles. The van der Waals surface area contributed by atoms with Crippen LogP contribution < -0.4 is 4.74 Å². The largest absolute Gasteiger partial charge is 0.507 e. The van der Waals surface area contributed by atoms with Crippen LogP contribution in [0.15, 0.2) is 103 Å². The van der Waals surface area contributed by atoms with Crippen LogP contribution in [-0.2, 0) is 12.6 Å². The predicted molar refractivity (Wildman–Crippen MR) is 154 cm³/mol. The van der Waals surface area contributed by atoms with Crippen molar-refractivity contribution in [1.29, 1.82) is 0 Å². The second-order valence-corrected chi connectivity index (χ2v) is 10.4. The third kappa shape index (κ3) is 4.13. The zero-order valence-corrected chi connectivity index (χ0v) is 21.6.